The maximum absolute atomic E-state index is 5.63. The molecule has 2 aromatic rings. The summed E-state index contributed by atoms with van der Waals surface area (Å²) < 4.78 is 5.63. The van der Waals surface area contributed by atoms with Crippen LogP contribution in [0.25, 0.3) is 11.5 Å². The molecule has 17 heavy (non-hydrogen) atoms. The monoisotopic (exact) mass is 250 g/mol. The molecule has 0 bridgehead atoms. The van der Waals surface area contributed by atoms with E-state index in [9.17, 15) is 0 Å². The molecular weight excluding hydrogens is 236 g/mol. The number of nitrogens with zero attached hydrogens (tertiary/aromatic N) is 2. The Morgan fingerprint density at radius 3 is 2.82 bits per heavy atom. The zero-order valence-corrected chi connectivity index (χ0v) is 10.8. The Bertz CT molecular complexity index is 508. The number of aromatic nitrogens is 2. The van der Waals surface area contributed by atoms with Crippen LogP contribution < -0.4 is 0 Å². The van der Waals surface area contributed by atoms with Gasteiger partial charge in [0.25, 0.3) is 0 Å². The molecule has 0 aliphatic rings. The number of hydrogen-bond donors (Lipinski definition) is 0. The number of benzene rings is 1. The Labute approximate surface area is 106 Å². The molecule has 0 fully saturated rings. The molecule has 2 rings (SSSR count). The molecule has 0 aliphatic carbocycles. The van der Waals surface area contributed by atoms with Gasteiger partial charge in [0.1, 0.15) is 0 Å². The standard InChI is InChI=1S/C13H15ClN2O/c1-9-5-6-10(2)11(8-9)13-16-15-12(17-13)4-3-7-14/h5-6,8H,3-4,7H2,1-2H3. The van der Waals surface area contributed by atoms with Crippen LogP contribution in [0.1, 0.15) is 23.4 Å². The average molecular weight is 251 g/mol. The van der Waals surface area contributed by atoms with Crippen LogP contribution in [0.3, 0.4) is 0 Å². The number of halogens is 1. The zero-order valence-electron chi connectivity index (χ0n) is 10.0. The predicted molar refractivity (Wildman–Crippen MR) is 68.2 cm³/mol. The lowest BCUT2D eigenvalue weighted by atomic mass is 10.1. The minimum atomic E-state index is 0.593. The van der Waals surface area contributed by atoms with Crippen molar-refractivity contribution >= 4 is 11.6 Å². The fourth-order valence-corrected chi connectivity index (χ4v) is 1.78. The van der Waals surface area contributed by atoms with Crippen molar-refractivity contribution in [3.05, 3.63) is 35.2 Å². The normalized spacial score (nSPS) is 10.8. The van der Waals surface area contributed by atoms with Gasteiger partial charge in [0, 0.05) is 17.9 Å². The van der Waals surface area contributed by atoms with E-state index >= 15 is 0 Å². The lowest BCUT2D eigenvalue weighted by Crippen LogP contribution is -1.85. The summed E-state index contributed by atoms with van der Waals surface area (Å²) in [5.41, 5.74) is 3.34. The molecule has 90 valence electrons. The first-order valence-electron chi connectivity index (χ1n) is 5.66. The van der Waals surface area contributed by atoms with Gasteiger partial charge in [-0.15, -0.1) is 21.8 Å². The Hall–Kier alpha value is -1.35. The summed E-state index contributed by atoms with van der Waals surface area (Å²) in [6, 6.07) is 6.20. The first-order valence-corrected chi connectivity index (χ1v) is 6.20. The van der Waals surface area contributed by atoms with Crippen LogP contribution in [-0.2, 0) is 6.42 Å². The minimum absolute atomic E-state index is 0.593. The summed E-state index contributed by atoms with van der Waals surface area (Å²) >= 11 is 5.63. The molecule has 0 saturated heterocycles. The van der Waals surface area contributed by atoms with Gasteiger partial charge in [0.05, 0.1) is 0 Å². The maximum atomic E-state index is 5.63. The third-order valence-corrected chi connectivity index (χ3v) is 2.88. The average Bonchev–Trinajstić information content (AvgIpc) is 2.78. The van der Waals surface area contributed by atoms with Gasteiger partial charge in [-0.05, 0) is 31.9 Å². The van der Waals surface area contributed by atoms with Crippen LogP contribution >= 0.6 is 11.6 Å². The second-order valence-corrected chi connectivity index (χ2v) is 4.49. The van der Waals surface area contributed by atoms with Crippen molar-refractivity contribution in [2.24, 2.45) is 0 Å². The highest BCUT2D eigenvalue weighted by molar-refractivity contribution is 6.17. The van der Waals surface area contributed by atoms with E-state index in [-0.39, 0.29) is 0 Å². The van der Waals surface area contributed by atoms with Crippen LogP contribution in [0.2, 0.25) is 0 Å². The highest BCUT2D eigenvalue weighted by atomic mass is 35.5. The van der Waals surface area contributed by atoms with Gasteiger partial charge in [-0.1, -0.05) is 17.7 Å². The van der Waals surface area contributed by atoms with E-state index in [1.165, 1.54) is 5.56 Å². The van der Waals surface area contributed by atoms with Crippen LogP contribution in [0, 0.1) is 13.8 Å². The summed E-state index contributed by atoms with van der Waals surface area (Å²) in [7, 11) is 0. The van der Waals surface area contributed by atoms with Gasteiger partial charge in [-0.25, -0.2) is 0 Å². The maximum Gasteiger partial charge on any atom is 0.248 e. The van der Waals surface area contributed by atoms with E-state index < -0.39 is 0 Å². The lowest BCUT2D eigenvalue weighted by Gasteiger charge is -2.01. The number of hydrogen-bond acceptors (Lipinski definition) is 3. The number of aryl methyl sites for hydroxylation is 3. The van der Waals surface area contributed by atoms with Crippen LogP contribution in [-0.4, -0.2) is 16.1 Å². The van der Waals surface area contributed by atoms with Crippen molar-refractivity contribution in [3.63, 3.8) is 0 Å². The van der Waals surface area contributed by atoms with Crippen LogP contribution in [0.5, 0.6) is 0 Å². The summed E-state index contributed by atoms with van der Waals surface area (Å²) in [5.74, 6) is 1.86. The van der Waals surface area contributed by atoms with Crippen LogP contribution in [0.4, 0.5) is 0 Å². The quantitative estimate of drug-likeness (QED) is 0.780. The molecular formula is C13H15ClN2O. The first-order chi connectivity index (χ1) is 8.20. The molecule has 4 heteroatoms. The molecule has 1 heterocycles. The van der Waals surface area contributed by atoms with Gasteiger partial charge < -0.3 is 4.42 Å². The summed E-state index contributed by atoms with van der Waals surface area (Å²) in [5, 5.41) is 8.11. The number of rotatable bonds is 4. The van der Waals surface area contributed by atoms with E-state index in [1.54, 1.807) is 0 Å². The van der Waals surface area contributed by atoms with Gasteiger partial charge in [-0.3, -0.25) is 0 Å². The van der Waals surface area contributed by atoms with Gasteiger partial charge >= 0.3 is 0 Å². The van der Waals surface area contributed by atoms with Gasteiger partial charge in [0.15, 0.2) is 0 Å². The molecule has 0 spiro atoms. The largest absolute Gasteiger partial charge is 0.421 e. The van der Waals surface area contributed by atoms with E-state index in [0.717, 1.165) is 24.0 Å². The summed E-state index contributed by atoms with van der Waals surface area (Å²) in [4.78, 5) is 0. The number of alkyl halides is 1. The van der Waals surface area contributed by atoms with Crippen molar-refractivity contribution < 1.29 is 4.42 Å². The first kappa shape index (κ1) is 12.1. The molecule has 0 amide bonds. The SMILES string of the molecule is Cc1ccc(C)c(-c2nnc(CCCCl)o2)c1. The van der Waals surface area contributed by atoms with Crippen molar-refractivity contribution in [1.29, 1.82) is 0 Å². The summed E-state index contributed by atoms with van der Waals surface area (Å²) in [6.45, 7) is 4.09. The highest BCUT2D eigenvalue weighted by Crippen LogP contribution is 2.23. The van der Waals surface area contributed by atoms with E-state index in [0.29, 0.717) is 17.7 Å². The van der Waals surface area contributed by atoms with Crippen molar-refractivity contribution in [2.75, 3.05) is 5.88 Å². The van der Waals surface area contributed by atoms with Gasteiger partial charge in [0.2, 0.25) is 11.8 Å². The molecule has 0 N–H and O–H groups in total. The fraction of sp³-hybridized carbons (Fsp3) is 0.385. The highest BCUT2D eigenvalue weighted by Gasteiger charge is 2.10. The fourth-order valence-electron chi connectivity index (χ4n) is 1.65. The molecule has 0 radical (unpaired) electrons. The zero-order chi connectivity index (χ0) is 12.3. The molecule has 1 aromatic heterocycles. The Morgan fingerprint density at radius 2 is 2.06 bits per heavy atom. The van der Waals surface area contributed by atoms with Gasteiger partial charge in [-0.2, -0.15) is 0 Å². The third kappa shape index (κ3) is 2.86. The Balaban J connectivity index is 2.27. The minimum Gasteiger partial charge on any atom is -0.421 e. The van der Waals surface area contributed by atoms with Crippen molar-refractivity contribution in [1.82, 2.24) is 10.2 Å². The third-order valence-electron chi connectivity index (χ3n) is 2.61. The molecule has 0 saturated carbocycles. The van der Waals surface area contributed by atoms with Crippen molar-refractivity contribution in [3.8, 4) is 11.5 Å². The molecule has 0 aliphatic heterocycles. The smallest absolute Gasteiger partial charge is 0.248 e. The van der Waals surface area contributed by atoms with E-state index in [4.69, 9.17) is 16.0 Å². The molecule has 0 atom stereocenters. The predicted octanol–water partition coefficient (Wildman–Crippen LogP) is 3.52. The molecule has 1 aromatic carbocycles. The Kier molecular flexibility index (Phi) is 3.79. The van der Waals surface area contributed by atoms with E-state index in [1.807, 2.05) is 13.8 Å². The van der Waals surface area contributed by atoms with Crippen LogP contribution in [0.15, 0.2) is 22.6 Å². The Morgan fingerprint density at radius 1 is 1.24 bits per heavy atom. The van der Waals surface area contributed by atoms with Crippen molar-refractivity contribution in [2.45, 2.75) is 26.7 Å². The second kappa shape index (κ2) is 5.32. The summed E-state index contributed by atoms with van der Waals surface area (Å²) in [6.07, 6.45) is 1.59. The van der Waals surface area contributed by atoms with E-state index in [2.05, 4.69) is 28.4 Å². The lowest BCUT2D eigenvalue weighted by molar-refractivity contribution is 0.502. The molecule has 3 nitrogen and oxygen atoms in total. The second-order valence-electron chi connectivity index (χ2n) is 4.11. The molecule has 0 unspecified atom stereocenters. The topological polar surface area (TPSA) is 38.9 Å².